The molecular weight excluding hydrogens is 208 g/mol. The first-order valence-corrected chi connectivity index (χ1v) is 5.62. The van der Waals surface area contributed by atoms with Crippen molar-refractivity contribution >= 4 is 5.97 Å². The Bertz CT molecular complexity index is 243. The summed E-state index contributed by atoms with van der Waals surface area (Å²) in [4.78, 5) is 13.6. The summed E-state index contributed by atoms with van der Waals surface area (Å²) in [6.45, 7) is 4.01. The average Bonchev–Trinajstić information content (AvgIpc) is 2.27. The van der Waals surface area contributed by atoms with Gasteiger partial charge in [0.1, 0.15) is 5.54 Å². The molecule has 0 saturated carbocycles. The topological polar surface area (TPSA) is 64.8 Å². The van der Waals surface area contributed by atoms with Gasteiger partial charge in [0, 0.05) is 20.2 Å². The third-order valence-electron chi connectivity index (χ3n) is 3.00. The van der Waals surface area contributed by atoms with Gasteiger partial charge in [-0.15, -0.1) is 0 Å². The van der Waals surface area contributed by atoms with Crippen molar-refractivity contribution in [3.63, 3.8) is 0 Å². The van der Waals surface area contributed by atoms with Crippen molar-refractivity contribution in [2.45, 2.75) is 31.4 Å². The molecule has 2 atom stereocenters. The van der Waals surface area contributed by atoms with E-state index >= 15 is 0 Å². The van der Waals surface area contributed by atoms with E-state index in [9.17, 15) is 4.79 Å². The monoisotopic (exact) mass is 230 g/mol. The van der Waals surface area contributed by atoms with Gasteiger partial charge in [0.25, 0.3) is 0 Å². The normalized spacial score (nSPS) is 26.1. The summed E-state index contributed by atoms with van der Waals surface area (Å²) in [5.41, 5.74) is 4.99. The van der Waals surface area contributed by atoms with Gasteiger partial charge in [-0.3, -0.25) is 9.69 Å². The molecule has 1 rings (SSSR count). The van der Waals surface area contributed by atoms with Crippen LogP contribution in [0.2, 0.25) is 0 Å². The zero-order valence-corrected chi connectivity index (χ0v) is 10.4. The zero-order chi connectivity index (χ0) is 12.2. The molecule has 1 aliphatic rings. The Morgan fingerprint density at radius 2 is 2.25 bits per heavy atom. The number of esters is 1. The Hall–Kier alpha value is -0.650. The summed E-state index contributed by atoms with van der Waals surface area (Å²) in [5.74, 6) is -0.368. The molecule has 5 heteroatoms. The van der Waals surface area contributed by atoms with E-state index in [1.165, 1.54) is 7.11 Å². The first-order chi connectivity index (χ1) is 7.49. The number of ether oxygens (including phenoxy) is 2. The van der Waals surface area contributed by atoms with Crippen LogP contribution in [0.15, 0.2) is 0 Å². The fraction of sp³-hybridized carbons (Fsp3) is 0.909. The Kier molecular flexibility index (Phi) is 4.70. The quantitative estimate of drug-likeness (QED) is 0.688. The number of piperidine rings is 1. The third kappa shape index (κ3) is 3.43. The first-order valence-electron chi connectivity index (χ1n) is 5.62. The van der Waals surface area contributed by atoms with Crippen molar-refractivity contribution < 1.29 is 14.3 Å². The lowest BCUT2D eigenvalue weighted by molar-refractivity contribution is -0.147. The van der Waals surface area contributed by atoms with Crippen LogP contribution in [0, 0.1) is 0 Å². The van der Waals surface area contributed by atoms with E-state index in [1.54, 1.807) is 14.0 Å². The number of methoxy groups -OCH3 is 2. The van der Waals surface area contributed by atoms with Crippen molar-refractivity contribution in [2.75, 3.05) is 33.9 Å². The second-order valence-electron chi connectivity index (χ2n) is 4.64. The van der Waals surface area contributed by atoms with Gasteiger partial charge in [-0.05, 0) is 26.3 Å². The van der Waals surface area contributed by atoms with Crippen LogP contribution in [0.25, 0.3) is 0 Å². The molecule has 2 N–H and O–H groups in total. The van der Waals surface area contributed by atoms with Gasteiger partial charge < -0.3 is 15.2 Å². The Labute approximate surface area is 96.9 Å². The number of nitrogens with two attached hydrogens (primary N) is 1. The van der Waals surface area contributed by atoms with E-state index in [-0.39, 0.29) is 12.1 Å². The molecule has 0 amide bonds. The lowest BCUT2D eigenvalue weighted by Gasteiger charge is -2.36. The molecule has 1 heterocycles. The molecule has 0 aromatic heterocycles. The number of carbonyl (C=O) groups is 1. The second-order valence-corrected chi connectivity index (χ2v) is 4.64. The number of nitrogens with zero attached hydrogens (tertiary/aromatic N) is 1. The number of hydrogen-bond donors (Lipinski definition) is 1. The van der Waals surface area contributed by atoms with Crippen LogP contribution in [0.1, 0.15) is 19.8 Å². The highest BCUT2D eigenvalue weighted by Gasteiger charge is 2.33. The van der Waals surface area contributed by atoms with Crippen molar-refractivity contribution in [1.82, 2.24) is 4.90 Å². The number of likely N-dealkylation sites (tertiary alicyclic amines) is 1. The fourth-order valence-electron chi connectivity index (χ4n) is 2.11. The van der Waals surface area contributed by atoms with E-state index in [4.69, 9.17) is 10.5 Å². The van der Waals surface area contributed by atoms with Gasteiger partial charge in [0.15, 0.2) is 0 Å². The Morgan fingerprint density at radius 3 is 2.81 bits per heavy atom. The van der Waals surface area contributed by atoms with Crippen molar-refractivity contribution in [3.8, 4) is 0 Å². The van der Waals surface area contributed by atoms with Gasteiger partial charge in [-0.25, -0.2) is 0 Å². The third-order valence-corrected chi connectivity index (χ3v) is 3.00. The fourth-order valence-corrected chi connectivity index (χ4v) is 2.11. The molecule has 16 heavy (non-hydrogen) atoms. The highest BCUT2D eigenvalue weighted by Crippen LogP contribution is 2.15. The highest BCUT2D eigenvalue weighted by atomic mass is 16.5. The molecule has 1 aliphatic heterocycles. The largest absolute Gasteiger partial charge is 0.468 e. The molecule has 0 bridgehead atoms. The molecule has 0 spiro atoms. The summed E-state index contributed by atoms with van der Waals surface area (Å²) >= 11 is 0. The van der Waals surface area contributed by atoms with Gasteiger partial charge in [-0.2, -0.15) is 0 Å². The predicted octanol–water partition coefficient (Wildman–Crippen LogP) is -0.0124. The smallest absolute Gasteiger partial charge is 0.326 e. The summed E-state index contributed by atoms with van der Waals surface area (Å²) in [5, 5.41) is 0. The molecule has 5 nitrogen and oxygen atoms in total. The molecule has 0 aromatic carbocycles. The standard InChI is InChI=1S/C11H22N2O3/c1-11(12,10(14)16-3)8-13-6-4-5-9(7-13)15-2/h9H,4-8,12H2,1-3H3. The number of hydrogen-bond acceptors (Lipinski definition) is 5. The summed E-state index contributed by atoms with van der Waals surface area (Å²) in [6.07, 6.45) is 2.41. The van der Waals surface area contributed by atoms with E-state index in [2.05, 4.69) is 9.64 Å². The Morgan fingerprint density at radius 1 is 1.56 bits per heavy atom. The van der Waals surface area contributed by atoms with Gasteiger partial charge in [0.05, 0.1) is 13.2 Å². The maximum atomic E-state index is 11.5. The van der Waals surface area contributed by atoms with Gasteiger partial charge in [0.2, 0.25) is 0 Å². The minimum Gasteiger partial charge on any atom is -0.468 e. The minimum atomic E-state index is -0.940. The summed E-state index contributed by atoms with van der Waals surface area (Å²) in [6, 6.07) is 0. The SMILES string of the molecule is COC(=O)C(C)(N)CN1CCCC(OC)C1. The summed E-state index contributed by atoms with van der Waals surface area (Å²) < 4.78 is 10.0. The van der Waals surface area contributed by atoms with Crippen LogP contribution in [-0.4, -0.2) is 56.4 Å². The Balaban J connectivity index is 2.49. The van der Waals surface area contributed by atoms with Crippen LogP contribution in [0.3, 0.4) is 0 Å². The molecule has 0 aliphatic carbocycles. The van der Waals surface area contributed by atoms with E-state index in [0.717, 1.165) is 25.9 Å². The van der Waals surface area contributed by atoms with Crippen molar-refractivity contribution in [2.24, 2.45) is 5.73 Å². The molecule has 2 unspecified atom stereocenters. The average molecular weight is 230 g/mol. The van der Waals surface area contributed by atoms with Crippen LogP contribution >= 0.6 is 0 Å². The highest BCUT2D eigenvalue weighted by molar-refractivity contribution is 5.80. The van der Waals surface area contributed by atoms with Crippen molar-refractivity contribution in [1.29, 1.82) is 0 Å². The molecule has 1 fully saturated rings. The first kappa shape index (κ1) is 13.4. The van der Waals surface area contributed by atoms with Crippen molar-refractivity contribution in [3.05, 3.63) is 0 Å². The lowest BCUT2D eigenvalue weighted by Crippen LogP contribution is -2.56. The van der Waals surface area contributed by atoms with Gasteiger partial charge >= 0.3 is 5.97 Å². The predicted molar refractivity (Wildman–Crippen MR) is 61.1 cm³/mol. The van der Waals surface area contributed by atoms with Crippen LogP contribution in [-0.2, 0) is 14.3 Å². The van der Waals surface area contributed by atoms with E-state index in [0.29, 0.717) is 6.54 Å². The minimum absolute atomic E-state index is 0.252. The lowest BCUT2D eigenvalue weighted by atomic mass is 10.0. The summed E-state index contributed by atoms with van der Waals surface area (Å²) in [7, 11) is 3.08. The molecule has 94 valence electrons. The van der Waals surface area contributed by atoms with Crippen LogP contribution in [0.4, 0.5) is 0 Å². The second kappa shape index (κ2) is 5.61. The maximum Gasteiger partial charge on any atom is 0.326 e. The van der Waals surface area contributed by atoms with Crippen LogP contribution in [0.5, 0.6) is 0 Å². The number of carbonyl (C=O) groups excluding carboxylic acids is 1. The number of rotatable bonds is 4. The van der Waals surface area contributed by atoms with Gasteiger partial charge in [-0.1, -0.05) is 0 Å². The molecular formula is C11H22N2O3. The zero-order valence-electron chi connectivity index (χ0n) is 10.4. The van der Waals surface area contributed by atoms with E-state index in [1.807, 2.05) is 0 Å². The van der Waals surface area contributed by atoms with Crippen LogP contribution < -0.4 is 5.73 Å². The maximum absolute atomic E-state index is 11.5. The molecule has 0 radical (unpaired) electrons. The molecule has 1 saturated heterocycles. The van der Waals surface area contributed by atoms with E-state index < -0.39 is 5.54 Å². The molecule has 0 aromatic rings.